The van der Waals surface area contributed by atoms with Gasteiger partial charge in [0.25, 0.3) is 0 Å². The van der Waals surface area contributed by atoms with Crippen LogP contribution in [0.15, 0.2) is 46.7 Å². The largest absolute Gasteiger partial charge is 0.473 e. The molecule has 29 heavy (non-hydrogen) atoms. The van der Waals surface area contributed by atoms with Crippen molar-refractivity contribution in [2.45, 2.75) is 30.6 Å². The minimum atomic E-state index is -1.82. The normalized spacial score (nSPS) is 10.3. The third-order valence-electron chi connectivity index (χ3n) is 3.82. The molecule has 0 aliphatic heterocycles. The molecule has 0 aliphatic carbocycles. The minimum absolute atomic E-state index is 0.147. The van der Waals surface area contributed by atoms with Gasteiger partial charge in [-0.1, -0.05) is 31.0 Å². The molecule has 0 aliphatic rings. The predicted molar refractivity (Wildman–Crippen MR) is 117 cm³/mol. The Labute approximate surface area is 179 Å². The second-order valence-corrected chi connectivity index (χ2v) is 8.56. The smallest absolute Gasteiger partial charge is 0.414 e. The molecule has 8 heteroatoms. The van der Waals surface area contributed by atoms with E-state index in [4.69, 9.17) is 19.8 Å². The van der Waals surface area contributed by atoms with Gasteiger partial charge in [-0.3, -0.25) is 4.79 Å². The Balaban J connectivity index is 0.000000612. The minimum Gasteiger partial charge on any atom is -0.473 e. The SMILES string of the molecule is CN(C)CCCCCCSc1ccccc1C(=O)c1cccs1.O=C(O)C(=O)O. The maximum Gasteiger partial charge on any atom is 0.414 e. The van der Waals surface area contributed by atoms with E-state index in [-0.39, 0.29) is 5.78 Å². The van der Waals surface area contributed by atoms with Crippen LogP contribution in [0.25, 0.3) is 0 Å². The Hall–Kier alpha value is -2.16. The molecule has 6 nitrogen and oxygen atoms in total. The number of benzene rings is 1. The maximum atomic E-state index is 12.6. The molecule has 1 aromatic heterocycles. The summed E-state index contributed by atoms with van der Waals surface area (Å²) >= 11 is 3.32. The van der Waals surface area contributed by atoms with Crippen LogP contribution in [0.3, 0.4) is 0 Å². The quantitative estimate of drug-likeness (QED) is 0.247. The van der Waals surface area contributed by atoms with E-state index in [0.29, 0.717) is 0 Å². The van der Waals surface area contributed by atoms with Gasteiger partial charge in [-0.25, -0.2) is 9.59 Å². The first-order chi connectivity index (χ1) is 13.8. The van der Waals surface area contributed by atoms with Crippen LogP contribution >= 0.6 is 23.1 Å². The predicted octanol–water partition coefficient (Wildman–Crippen LogP) is 4.35. The number of carbonyl (C=O) groups excluding carboxylic acids is 1. The van der Waals surface area contributed by atoms with Gasteiger partial charge in [-0.2, -0.15) is 0 Å². The highest BCUT2D eigenvalue weighted by Gasteiger charge is 2.14. The number of rotatable bonds is 10. The van der Waals surface area contributed by atoms with Gasteiger partial charge in [0.1, 0.15) is 0 Å². The number of unbranched alkanes of at least 4 members (excludes halogenated alkanes) is 3. The molecule has 2 N–H and O–H groups in total. The van der Waals surface area contributed by atoms with E-state index in [2.05, 4.69) is 25.1 Å². The van der Waals surface area contributed by atoms with Crippen molar-refractivity contribution in [1.29, 1.82) is 0 Å². The standard InChI is InChI=1S/C19H25NOS2.C2H2O4/c1-20(2)13-7-3-4-8-14-22-17-11-6-5-10-16(17)19(21)18-12-9-15-23-18;3-1(4)2(5)6/h5-6,9-12,15H,3-4,7-8,13-14H2,1-2H3;(H,3,4)(H,5,6). The number of hydrogen-bond donors (Lipinski definition) is 2. The van der Waals surface area contributed by atoms with Crippen molar-refractivity contribution in [3.63, 3.8) is 0 Å². The van der Waals surface area contributed by atoms with E-state index in [1.165, 1.54) is 43.6 Å². The zero-order valence-corrected chi connectivity index (χ0v) is 18.3. The molecule has 0 fully saturated rings. The molecule has 0 saturated carbocycles. The monoisotopic (exact) mass is 437 g/mol. The summed E-state index contributed by atoms with van der Waals surface area (Å²) in [4.78, 5) is 34.9. The summed E-state index contributed by atoms with van der Waals surface area (Å²) in [6.45, 7) is 1.17. The second kappa shape index (κ2) is 13.9. The van der Waals surface area contributed by atoms with Crippen LogP contribution in [0.4, 0.5) is 0 Å². The van der Waals surface area contributed by atoms with Gasteiger partial charge in [0.05, 0.1) is 4.88 Å². The lowest BCUT2D eigenvalue weighted by Crippen LogP contribution is -2.12. The van der Waals surface area contributed by atoms with Crippen LogP contribution in [0.5, 0.6) is 0 Å². The number of thioether (sulfide) groups is 1. The van der Waals surface area contributed by atoms with Gasteiger partial charge in [0, 0.05) is 10.5 Å². The van der Waals surface area contributed by atoms with E-state index in [0.717, 1.165) is 21.1 Å². The Morgan fingerprint density at radius 2 is 1.59 bits per heavy atom. The van der Waals surface area contributed by atoms with Gasteiger partial charge < -0.3 is 15.1 Å². The molecule has 0 unspecified atom stereocenters. The maximum absolute atomic E-state index is 12.6. The van der Waals surface area contributed by atoms with E-state index in [1.54, 1.807) is 0 Å². The first-order valence-corrected chi connectivity index (χ1v) is 11.1. The highest BCUT2D eigenvalue weighted by atomic mass is 32.2. The molecule has 1 heterocycles. The van der Waals surface area contributed by atoms with E-state index >= 15 is 0 Å². The van der Waals surface area contributed by atoms with Crippen molar-refractivity contribution in [1.82, 2.24) is 4.90 Å². The van der Waals surface area contributed by atoms with Crippen molar-refractivity contribution < 1.29 is 24.6 Å². The van der Waals surface area contributed by atoms with Crippen molar-refractivity contribution in [3.05, 3.63) is 52.2 Å². The Morgan fingerprint density at radius 3 is 2.17 bits per heavy atom. The molecule has 0 spiro atoms. The van der Waals surface area contributed by atoms with Crippen molar-refractivity contribution in [2.24, 2.45) is 0 Å². The third kappa shape index (κ3) is 10.3. The van der Waals surface area contributed by atoms with Crippen LogP contribution < -0.4 is 0 Å². The molecule has 0 atom stereocenters. The molecular weight excluding hydrogens is 410 g/mol. The first-order valence-electron chi connectivity index (χ1n) is 9.24. The number of hydrogen-bond acceptors (Lipinski definition) is 6. The fourth-order valence-corrected chi connectivity index (χ4v) is 4.12. The lowest BCUT2D eigenvalue weighted by atomic mass is 10.1. The number of ketones is 1. The van der Waals surface area contributed by atoms with Gasteiger partial charge in [0.2, 0.25) is 5.78 Å². The molecule has 2 aromatic rings. The third-order valence-corrected chi connectivity index (χ3v) is 5.85. The Kier molecular flexibility index (Phi) is 11.9. The summed E-state index contributed by atoms with van der Waals surface area (Å²) in [7, 11) is 4.24. The van der Waals surface area contributed by atoms with Crippen LogP contribution in [-0.4, -0.2) is 59.2 Å². The lowest BCUT2D eigenvalue weighted by molar-refractivity contribution is -0.159. The molecular formula is C21H27NO5S2. The summed E-state index contributed by atoms with van der Waals surface area (Å²) in [5, 5.41) is 16.7. The first kappa shape index (κ1) is 24.9. The van der Waals surface area contributed by atoms with Crippen LogP contribution in [-0.2, 0) is 9.59 Å². The molecule has 0 bridgehead atoms. The number of carbonyl (C=O) groups is 3. The van der Waals surface area contributed by atoms with E-state index < -0.39 is 11.9 Å². The summed E-state index contributed by atoms with van der Waals surface area (Å²) in [5.41, 5.74) is 0.840. The van der Waals surface area contributed by atoms with Crippen LogP contribution in [0.2, 0.25) is 0 Å². The van der Waals surface area contributed by atoms with E-state index in [1.807, 2.05) is 47.5 Å². The van der Waals surface area contributed by atoms with Crippen LogP contribution in [0.1, 0.15) is 40.9 Å². The number of nitrogens with zero attached hydrogens (tertiary/aromatic N) is 1. The Morgan fingerprint density at radius 1 is 0.931 bits per heavy atom. The summed E-state index contributed by atoms with van der Waals surface area (Å²) in [6.07, 6.45) is 5.03. The van der Waals surface area contributed by atoms with Crippen molar-refractivity contribution in [2.75, 3.05) is 26.4 Å². The number of aliphatic carboxylic acids is 2. The van der Waals surface area contributed by atoms with Crippen molar-refractivity contribution in [3.8, 4) is 0 Å². The zero-order chi connectivity index (χ0) is 21.6. The van der Waals surface area contributed by atoms with Crippen LogP contribution in [0, 0.1) is 0 Å². The zero-order valence-electron chi connectivity index (χ0n) is 16.7. The highest BCUT2D eigenvalue weighted by molar-refractivity contribution is 7.99. The van der Waals surface area contributed by atoms with Gasteiger partial charge in [0.15, 0.2) is 0 Å². The van der Waals surface area contributed by atoms with Gasteiger partial charge in [-0.15, -0.1) is 23.1 Å². The molecule has 2 rings (SSSR count). The number of carboxylic acid groups (broad SMARTS) is 2. The average Bonchev–Trinajstić information content (AvgIpc) is 3.22. The van der Waals surface area contributed by atoms with E-state index in [9.17, 15) is 4.79 Å². The van der Waals surface area contributed by atoms with Gasteiger partial charge in [-0.05, 0) is 62.8 Å². The number of thiophene rings is 1. The fraction of sp³-hybridized carbons (Fsp3) is 0.381. The summed E-state index contributed by atoms with van der Waals surface area (Å²) in [6, 6.07) is 11.8. The van der Waals surface area contributed by atoms with Crippen molar-refractivity contribution >= 4 is 40.8 Å². The summed E-state index contributed by atoms with van der Waals surface area (Å²) < 4.78 is 0. The van der Waals surface area contributed by atoms with Gasteiger partial charge >= 0.3 is 11.9 Å². The molecule has 0 amide bonds. The molecule has 0 radical (unpaired) electrons. The highest BCUT2D eigenvalue weighted by Crippen LogP contribution is 2.27. The molecule has 1 aromatic carbocycles. The summed E-state index contributed by atoms with van der Waals surface area (Å²) in [5.74, 6) is -2.42. The molecule has 0 saturated heterocycles. The fourth-order valence-electron chi connectivity index (χ4n) is 2.39. The average molecular weight is 438 g/mol. The molecule has 158 valence electrons. The lowest BCUT2D eigenvalue weighted by Gasteiger charge is -2.09. The Bertz CT molecular complexity index is 763. The number of carboxylic acids is 2. The second-order valence-electron chi connectivity index (χ2n) is 6.48. The topological polar surface area (TPSA) is 94.9 Å².